The number of aromatic nitrogens is 3. The summed E-state index contributed by atoms with van der Waals surface area (Å²) in [6, 6.07) is 6.09. The molecule has 0 amide bonds. The zero-order valence-corrected chi connectivity index (χ0v) is 12.6. The van der Waals surface area contributed by atoms with Crippen LogP contribution in [0.3, 0.4) is 0 Å². The van der Waals surface area contributed by atoms with E-state index in [1.807, 2.05) is 0 Å². The second kappa shape index (κ2) is 5.83. The molecular weight excluding hydrogens is 328 g/mol. The van der Waals surface area contributed by atoms with Crippen molar-refractivity contribution in [3.05, 3.63) is 52.1 Å². The van der Waals surface area contributed by atoms with Crippen molar-refractivity contribution in [1.29, 1.82) is 0 Å². The van der Waals surface area contributed by atoms with Gasteiger partial charge in [0, 0.05) is 17.8 Å². The minimum atomic E-state index is -3.59. The molecule has 0 spiro atoms. The maximum absolute atomic E-state index is 12.0. The first-order chi connectivity index (χ1) is 10.5. The predicted molar refractivity (Wildman–Crippen MR) is 78.7 cm³/mol. The van der Waals surface area contributed by atoms with Crippen LogP contribution in [0, 0.1) is 0 Å². The summed E-state index contributed by atoms with van der Waals surface area (Å²) in [7, 11) is -3.59. The van der Waals surface area contributed by atoms with Crippen molar-refractivity contribution in [3.8, 4) is 11.4 Å². The molecule has 0 aliphatic heterocycles. The van der Waals surface area contributed by atoms with Crippen molar-refractivity contribution in [2.24, 2.45) is 0 Å². The van der Waals surface area contributed by atoms with Crippen molar-refractivity contribution in [3.63, 3.8) is 0 Å². The van der Waals surface area contributed by atoms with E-state index < -0.39 is 10.0 Å². The van der Waals surface area contributed by atoms with Gasteiger partial charge in [-0.2, -0.15) is 4.98 Å². The quantitative estimate of drug-likeness (QED) is 0.715. The topological polar surface area (TPSA) is 118 Å². The number of rotatable bonds is 5. The van der Waals surface area contributed by atoms with Crippen LogP contribution >= 0.6 is 11.3 Å². The lowest BCUT2D eigenvalue weighted by atomic mass is 10.2. The Balaban J connectivity index is 1.74. The zero-order valence-electron chi connectivity index (χ0n) is 11.0. The third-order valence-electron chi connectivity index (χ3n) is 2.67. The third kappa shape index (κ3) is 3.13. The minimum Gasteiger partial charge on any atom is -0.338 e. The van der Waals surface area contributed by atoms with Crippen LogP contribution in [0.25, 0.3) is 11.4 Å². The molecule has 3 aromatic rings. The molecule has 2 N–H and O–H groups in total. The second-order valence-electron chi connectivity index (χ2n) is 4.21. The molecule has 22 heavy (non-hydrogen) atoms. The van der Waals surface area contributed by atoms with E-state index in [-0.39, 0.29) is 28.0 Å². The van der Waals surface area contributed by atoms with E-state index in [4.69, 9.17) is 4.52 Å². The minimum absolute atomic E-state index is 0.107. The summed E-state index contributed by atoms with van der Waals surface area (Å²) in [5, 5.41) is 5.39. The van der Waals surface area contributed by atoms with Crippen LogP contribution in [0.4, 0.5) is 0 Å². The second-order valence-corrected chi connectivity index (χ2v) is 7.15. The molecule has 0 saturated carbocycles. The molecule has 3 aromatic heterocycles. The van der Waals surface area contributed by atoms with Gasteiger partial charge in [0.15, 0.2) is 0 Å². The number of nitrogens with zero attached hydrogens (tertiary/aromatic N) is 2. The molecule has 0 radical (unpaired) electrons. The summed E-state index contributed by atoms with van der Waals surface area (Å²) in [5.74, 6) is 0.326. The zero-order chi connectivity index (χ0) is 15.6. The number of nitrogens with one attached hydrogen (secondary N) is 2. The Hall–Kier alpha value is -2.30. The average molecular weight is 338 g/mol. The van der Waals surface area contributed by atoms with Crippen LogP contribution in [0.2, 0.25) is 0 Å². The standard InChI is InChI=1S/C12H10N4O4S2/c17-9-6-8(3-4-13-9)12-15-10(20-16-12)7-14-22(18,19)11-2-1-5-21-11/h1-6,14H,7H2,(H,13,17). The van der Waals surface area contributed by atoms with E-state index in [2.05, 4.69) is 19.8 Å². The van der Waals surface area contributed by atoms with E-state index in [0.717, 1.165) is 11.3 Å². The third-order valence-corrected chi connectivity index (χ3v) is 5.47. The Morgan fingerprint density at radius 3 is 2.95 bits per heavy atom. The van der Waals surface area contributed by atoms with Gasteiger partial charge in [0.2, 0.25) is 17.3 Å². The smallest absolute Gasteiger partial charge is 0.250 e. The summed E-state index contributed by atoms with van der Waals surface area (Å²) >= 11 is 1.11. The molecule has 3 rings (SSSR count). The summed E-state index contributed by atoms with van der Waals surface area (Å²) in [5.41, 5.74) is 0.196. The van der Waals surface area contributed by atoms with Gasteiger partial charge in [0.05, 0.1) is 6.54 Å². The molecule has 0 atom stereocenters. The fourth-order valence-corrected chi connectivity index (χ4v) is 3.68. The predicted octanol–water partition coefficient (Wildman–Crippen LogP) is 0.965. The van der Waals surface area contributed by atoms with E-state index in [9.17, 15) is 13.2 Å². The SMILES string of the molecule is O=c1cc(-c2noc(CNS(=O)(=O)c3cccs3)n2)cc[nH]1. The Morgan fingerprint density at radius 1 is 1.36 bits per heavy atom. The summed E-state index contributed by atoms with van der Waals surface area (Å²) in [6.45, 7) is -0.129. The van der Waals surface area contributed by atoms with Crippen molar-refractivity contribution in [2.45, 2.75) is 10.8 Å². The molecule has 0 aromatic carbocycles. The average Bonchev–Trinajstić information content (AvgIpc) is 3.17. The number of sulfonamides is 1. The fourth-order valence-electron chi connectivity index (χ4n) is 1.67. The van der Waals surface area contributed by atoms with Gasteiger partial charge in [-0.1, -0.05) is 11.2 Å². The maximum atomic E-state index is 12.0. The maximum Gasteiger partial charge on any atom is 0.250 e. The van der Waals surface area contributed by atoms with Gasteiger partial charge in [0.25, 0.3) is 10.0 Å². The molecule has 8 nitrogen and oxygen atoms in total. The van der Waals surface area contributed by atoms with Gasteiger partial charge in [-0.05, 0) is 17.5 Å². The highest BCUT2D eigenvalue weighted by Gasteiger charge is 2.17. The number of thiophene rings is 1. The van der Waals surface area contributed by atoms with Crippen molar-refractivity contribution < 1.29 is 12.9 Å². The fraction of sp³-hybridized carbons (Fsp3) is 0.0833. The molecule has 0 saturated heterocycles. The molecule has 3 heterocycles. The Labute approximate surface area is 128 Å². The molecule has 0 fully saturated rings. The molecule has 0 unspecified atom stereocenters. The van der Waals surface area contributed by atoms with Gasteiger partial charge in [-0.15, -0.1) is 11.3 Å². The van der Waals surface area contributed by atoms with Crippen LogP contribution in [0.1, 0.15) is 5.89 Å². The van der Waals surface area contributed by atoms with E-state index in [0.29, 0.717) is 5.56 Å². The van der Waals surface area contributed by atoms with Crippen molar-refractivity contribution in [2.75, 3.05) is 0 Å². The van der Waals surface area contributed by atoms with Gasteiger partial charge in [0.1, 0.15) is 4.21 Å². The number of hydrogen-bond acceptors (Lipinski definition) is 7. The monoisotopic (exact) mass is 338 g/mol. The number of aromatic amines is 1. The van der Waals surface area contributed by atoms with Crippen molar-refractivity contribution in [1.82, 2.24) is 19.8 Å². The van der Waals surface area contributed by atoms with Gasteiger partial charge >= 0.3 is 0 Å². The molecule has 0 aliphatic rings. The Morgan fingerprint density at radius 2 is 2.23 bits per heavy atom. The van der Waals surface area contributed by atoms with Crippen LogP contribution < -0.4 is 10.3 Å². The van der Waals surface area contributed by atoms with Gasteiger partial charge < -0.3 is 9.51 Å². The molecule has 10 heteroatoms. The first-order valence-corrected chi connectivity index (χ1v) is 8.46. The van der Waals surface area contributed by atoms with E-state index in [1.54, 1.807) is 17.5 Å². The van der Waals surface area contributed by atoms with Crippen LogP contribution in [-0.4, -0.2) is 23.5 Å². The lowest BCUT2D eigenvalue weighted by Crippen LogP contribution is -2.22. The van der Waals surface area contributed by atoms with Crippen molar-refractivity contribution >= 4 is 21.4 Å². The Bertz CT molecular complexity index is 928. The highest BCUT2D eigenvalue weighted by Crippen LogP contribution is 2.16. The highest BCUT2D eigenvalue weighted by atomic mass is 32.2. The number of H-pyrrole nitrogens is 1. The molecule has 0 aliphatic carbocycles. The highest BCUT2D eigenvalue weighted by molar-refractivity contribution is 7.91. The molecular formula is C12H10N4O4S2. The van der Waals surface area contributed by atoms with Crippen LogP contribution in [-0.2, 0) is 16.6 Å². The molecule has 114 valence electrons. The lowest BCUT2D eigenvalue weighted by molar-refractivity contribution is 0.376. The van der Waals surface area contributed by atoms with E-state index in [1.165, 1.54) is 18.3 Å². The van der Waals surface area contributed by atoms with Gasteiger partial charge in [-0.3, -0.25) is 4.79 Å². The number of pyridine rings is 1. The number of hydrogen-bond donors (Lipinski definition) is 2. The summed E-state index contributed by atoms with van der Waals surface area (Å²) in [4.78, 5) is 17.8. The van der Waals surface area contributed by atoms with Gasteiger partial charge in [-0.25, -0.2) is 13.1 Å². The summed E-state index contributed by atoms with van der Waals surface area (Å²) < 4.78 is 31.5. The first-order valence-electron chi connectivity index (χ1n) is 6.09. The Kier molecular flexibility index (Phi) is 3.88. The summed E-state index contributed by atoms with van der Waals surface area (Å²) in [6.07, 6.45) is 1.47. The molecule has 0 bridgehead atoms. The normalized spacial score (nSPS) is 11.6. The van der Waals surface area contributed by atoms with Crippen LogP contribution in [0.5, 0.6) is 0 Å². The lowest BCUT2D eigenvalue weighted by Gasteiger charge is -2.00. The van der Waals surface area contributed by atoms with Crippen LogP contribution in [0.15, 0.2) is 49.4 Å². The first kappa shape index (κ1) is 14.6. The van der Waals surface area contributed by atoms with E-state index >= 15 is 0 Å². The largest absolute Gasteiger partial charge is 0.338 e.